The Morgan fingerprint density at radius 1 is 1.15 bits per heavy atom. The van der Waals surface area contributed by atoms with E-state index in [0.717, 1.165) is 24.3 Å². The molecule has 1 N–H and O–H groups in total. The molecule has 33 heavy (non-hydrogen) atoms. The normalized spacial score (nSPS) is 14.9. The number of anilines is 1. The molecule has 0 aliphatic carbocycles. The molecule has 1 aliphatic rings. The van der Waals surface area contributed by atoms with Crippen LogP contribution in [0.5, 0.6) is 11.5 Å². The first-order chi connectivity index (χ1) is 15.8. The highest BCUT2D eigenvalue weighted by Gasteiger charge is 2.27. The van der Waals surface area contributed by atoms with Crippen molar-refractivity contribution in [2.45, 2.75) is 6.04 Å². The fourth-order valence-corrected chi connectivity index (χ4v) is 3.83. The fraction of sp³-hybridized carbons (Fsp3) is 0.435. The van der Waals surface area contributed by atoms with Crippen molar-refractivity contribution in [1.29, 1.82) is 0 Å². The van der Waals surface area contributed by atoms with Crippen LogP contribution in [0.15, 0.2) is 36.4 Å². The molecule has 1 heterocycles. The van der Waals surface area contributed by atoms with Gasteiger partial charge in [0.25, 0.3) is 11.6 Å². The fourth-order valence-electron chi connectivity index (χ4n) is 3.83. The van der Waals surface area contributed by atoms with Crippen molar-refractivity contribution in [2.75, 3.05) is 66.1 Å². The van der Waals surface area contributed by atoms with E-state index in [1.54, 1.807) is 0 Å². The molecular weight excluding hydrogens is 428 g/mol. The number of methoxy groups -OCH3 is 2. The molecule has 1 aliphatic heterocycles. The third-order valence-corrected chi connectivity index (χ3v) is 5.68. The Labute approximate surface area is 193 Å². The maximum atomic E-state index is 13.0. The van der Waals surface area contributed by atoms with Crippen molar-refractivity contribution in [1.82, 2.24) is 10.2 Å². The molecule has 3 rings (SSSR count). The summed E-state index contributed by atoms with van der Waals surface area (Å²) in [7, 11) is 6.75. The third kappa shape index (κ3) is 5.71. The zero-order valence-electron chi connectivity index (χ0n) is 19.4. The van der Waals surface area contributed by atoms with E-state index in [-0.39, 0.29) is 35.3 Å². The lowest BCUT2D eigenvalue weighted by Crippen LogP contribution is -2.43. The zero-order valence-corrected chi connectivity index (χ0v) is 19.4. The molecule has 1 fully saturated rings. The number of nitrogens with one attached hydrogen (secondary N) is 1. The van der Waals surface area contributed by atoms with E-state index < -0.39 is 10.8 Å². The molecule has 2 aromatic rings. The van der Waals surface area contributed by atoms with Crippen LogP contribution in [0.4, 0.5) is 11.4 Å². The number of nitro groups is 1. The Balaban J connectivity index is 1.85. The lowest BCUT2D eigenvalue weighted by molar-refractivity contribution is -0.385. The third-order valence-electron chi connectivity index (χ3n) is 5.68. The second-order valence-electron chi connectivity index (χ2n) is 7.84. The molecule has 178 valence electrons. The molecule has 10 nitrogen and oxygen atoms in total. The van der Waals surface area contributed by atoms with Crippen LogP contribution < -0.4 is 19.7 Å². The van der Waals surface area contributed by atoms with Crippen LogP contribution >= 0.6 is 0 Å². The maximum absolute atomic E-state index is 13.0. The van der Waals surface area contributed by atoms with Gasteiger partial charge in [0.15, 0.2) is 11.5 Å². The molecule has 0 unspecified atom stereocenters. The molecule has 1 amide bonds. The quantitative estimate of drug-likeness (QED) is 0.451. The minimum absolute atomic E-state index is 0.0821. The molecule has 0 spiro atoms. The number of carbonyl (C=O) groups excluding carboxylic acids is 1. The van der Waals surface area contributed by atoms with Gasteiger partial charge >= 0.3 is 0 Å². The van der Waals surface area contributed by atoms with Crippen molar-refractivity contribution >= 4 is 17.3 Å². The van der Waals surface area contributed by atoms with Gasteiger partial charge in [-0.05, 0) is 17.7 Å². The number of hydrogen-bond donors (Lipinski definition) is 1. The second-order valence-corrected chi connectivity index (χ2v) is 7.84. The minimum atomic E-state index is -0.601. The molecule has 0 aromatic heterocycles. The molecule has 1 atom stereocenters. The number of benzene rings is 2. The van der Waals surface area contributed by atoms with E-state index in [2.05, 4.69) is 10.2 Å². The maximum Gasteiger partial charge on any atom is 0.286 e. The van der Waals surface area contributed by atoms with Gasteiger partial charge in [0.05, 0.1) is 44.5 Å². The zero-order chi connectivity index (χ0) is 24.0. The second kappa shape index (κ2) is 11.0. The van der Waals surface area contributed by atoms with Gasteiger partial charge in [-0.25, -0.2) is 0 Å². The smallest absolute Gasteiger partial charge is 0.286 e. The van der Waals surface area contributed by atoms with Crippen molar-refractivity contribution < 1.29 is 23.9 Å². The van der Waals surface area contributed by atoms with E-state index in [1.165, 1.54) is 26.4 Å². The highest BCUT2D eigenvalue weighted by molar-refractivity contribution is 5.99. The SMILES string of the molecule is COc1cc(C(=O)NC[C@@H](c2ccc(N(C)C)cc2)N2CCOCC2)c([N+](=O)[O-])cc1OC. The van der Waals surface area contributed by atoms with Crippen molar-refractivity contribution in [2.24, 2.45) is 0 Å². The average molecular weight is 459 g/mol. The van der Waals surface area contributed by atoms with Gasteiger partial charge in [0.2, 0.25) is 0 Å². The van der Waals surface area contributed by atoms with E-state index >= 15 is 0 Å². The van der Waals surface area contributed by atoms with Crippen LogP contribution in [-0.2, 0) is 4.74 Å². The number of nitrogens with zero attached hydrogens (tertiary/aromatic N) is 3. The molecular formula is C23H30N4O6. The number of nitro benzene ring substituents is 1. The summed E-state index contributed by atoms with van der Waals surface area (Å²) in [6.07, 6.45) is 0. The summed E-state index contributed by atoms with van der Waals surface area (Å²) < 4.78 is 15.9. The van der Waals surface area contributed by atoms with Gasteiger partial charge < -0.3 is 24.4 Å². The van der Waals surface area contributed by atoms with Crippen LogP contribution in [0.2, 0.25) is 0 Å². The standard InChI is InChI=1S/C23H30N4O6/c1-25(2)17-7-5-16(6-8-17)20(26-9-11-33-12-10-26)15-24-23(28)18-13-21(31-3)22(32-4)14-19(18)27(29)30/h5-8,13-14,20H,9-12,15H2,1-4H3,(H,24,28)/t20-/m0/s1. The van der Waals surface area contributed by atoms with Crippen molar-refractivity contribution in [3.05, 3.63) is 57.6 Å². The van der Waals surface area contributed by atoms with Gasteiger partial charge in [0.1, 0.15) is 5.56 Å². The Morgan fingerprint density at radius 2 is 1.76 bits per heavy atom. The van der Waals surface area contributed by atoms with Crippen LogP contribution in [0, 0.1) is 10.1 Å². The van der Waals surface area contributed by atoms with Gasteiger partial charge in [-0.2, -0.15) is 0 Å². The Bertz CT molecular complexity index is 974. The predicted octanol–water partition coefficient (Wildman–Crippen LogP) is 2.48. The van der Waals surface area contributed by atoms with Crippen LogP contribution in [0.1, 0.15) is 22.0 Å². The summed E-state index contributed by atoms with van der Waals surface area (Å²) >= 11 is 0. The Hall–Kier alpha value is -3.37. The molecule has 2 aromatic carbocycles. The Kier molecular flexibility index (Phi) is 8.07. The summed E-state index contributed by atoms with van der Waals surface area (Å²) in [5, 5.41) is 14.5. The van der Waals surface area contributed by atoms with Crippen molar-refractivity contribution in [3.63, 3.8) is 0 Å². The summed E-state index contributed by atoms with van der Waals surface area (Å²) in [6, 6.07) is 10.6. The first-order valence-corrected chi connectivity index (χ1v) is 10.6. The van der Waals surface area contributed by atoms with E-state index in [9.17, 15) is 14.9 Å². The number of hydrogen-bond acceptors (Lipinski definition) is 8. The highest BCUT2D eigenvalue weighted by Crippen LogP contribution is 2.34. The largest absolute Gasteiger partial charge is 0.493 e. The lowest BCUT2D eigenvalue weighted by Gasteiger charge is -2.35. The van der Waals surface area contributed by atoms with Crippen molar-refractivity contribution in [3.8, 4) is 11.5 Å². The van der Waals surface area contributed by atoms with E-state index in [0.29, 0.717) is 13.2 Å². The number of amides is 1. The lowest BCUT2D eigenvalue weighted by atomic mass is 10.0. The molecule has 0 saturated carbocycles. The highest BCUT2D eigenvalue weighted by atomic mass is 16.6. The number of carbonyl (C=O) groups is 1. The summed E-state index contributed by atoms with van der Waals surface area (Å²) in [6.45, 7) is 2.97. The van der Waals surface area contributed by atoms with Gasteiger partial charge in [-0.3, -0.25) is 19.8 Å². The molecule has 0 radical (unpaired) electrons. The monoisotopic (exact) mass is 458 g/mol. The van der Waals surface area contributed by atoms with Gasteiger partial charge in [-0.15, -0.1) is 0 Å². The van der Waals surface area contributed by atoms with E-state index in [4.69, 9.17) is 14.2 Å². The predicted molar refractivity (Wildman–Crippen MR) is 124 cm³/mol. The Morgan fingerprint density at radius 3 is 2.30 bits per heavy atom. The van der Waals surface area contributed by atoms with E-state index in [1.807, 2.05) is 43.3 Å². The van der Waals surface area contributed by atoms with Gasteiger partial charge in [-0.1, -0.05) is 12.1 Å². The number of rotatable bonds is 9. The molecule has 1 saturated heterocycles. The summed E-state index contributed by atoms with van der Waals surface area (Å²) in [5.41, 5.74) is 1.69. The average Bonchev–Trinajstić information content (AvgIpc) is 2.84. The summed E-state index contributed by atoms with van der Waals surface area (Å²) in [4.78, 5) is 28.3. The topological polar surface area (TPSA) is 106 Å². The first kappa shape index (κ1) is 24.3. The number of ether oxygens (including phenoxy) is 3. The number of morpholine rings is 1. The molecule has 0 bridgehead atoms. The van der Waals surface area contributed by atoms with Crippen LogP contribution in [0.3, 0.4) is 0 Å². The summed E-state index contributed by atoms with van der Waals surface area (Å²) in [5.74, 6) is -0.115. The van der Waals surface area contributed by atoms with Crippen LogP contribution in [-0.4, -0.2) is 76.9 Å². The first-order valence-electron chi connectivity index (χ1n) is 10.6. The van der Waals surface area contributed by atoms with Gasteiger partial charge in [0, 0.05) is 45.5 Å². The molecule has 10 heteroatoms. The minimum Gasteiger partial charge on any atom is -0.493 e. The van der Waals surface area contributed by atoms with Crippen LogP contribution in [0.25, 0.3) is 0 Å².